The van der Waals surface area contributed by atoms with Gasteiger partial charge in [0.1, 0.15) is 5.58 Å². The highest BCUT2D eigenvalue weighted by atomic mass is 35.5. The van der Waals surface area contributed by atoms with Gasteiger partial charge in [-0.1, -0.05) is 32.1 Å². The van der Waals surface area contributed by atoms with Gasteiger partial charge in [-0.3, -0.25) is 4.79 Å². The zero-order chi connectivity index (χ0) is 21.6. The molecule has 8 heteroatoms. The van der Waals surface area contributed by atoms with E-state index in [0.29, 0.717) is 36.1 Å². The standard InChI is InChI=1S/C24H32N2O5.ClH/c1-29-12-5-13-30-24(28)21-15-17-14-18(8-9-20(17)31-21)26-23(27)22-19(10-11-25-22)16-6-3-2-4-7-16;/h8-9,14-16,19,22,25H,2-7,10-13H2,1H3,(H,26,27);1H/t19-,22+;/m0./s1. The molecular weight excluding hydrogens is 432 g/mol. The van der Waals surface area contributed by atoms with Crippen LogP contribution in [-0.4, -0.2) is 44.8 Å². The first-order valence-corrected chi connectivity index (χ1v) is 11.4. The monoisotopic (exact) mass is 464 g/mol. The minimum Gasteiger partial charge on any atom is -0.460 e. The molecular formula is C24H33ClN2O5. The molecule has 7 nitrogen and oxygen atoms in total. The summed E-state index contributed by atoms with van der Waals surface area (Å²) in [5.74, 6) is 0.744. The minimum atomic E-state index is -0.497. The topological polar surface area (TPSA) is 89.8 Å². The van der Waals surface area contributed by atoms with Crippen LogP contribution in [0.2, 0.25) is 0 Å². The van der Waals surface area contributed by atoms with E-state index in [2.05, 4.69) is 10.6 Å². The fourth-order valence-electron chi connectivity index (χ4n) is 4.96. The third-order valence-corrected chi connectivity index (χ3v) is 6.52. The molecule has 2 aliphatic rings. The molecule has 0 radical (unpaired) electrons. The van der Waals surface area contributed by atoms with Crippen molar-refractivity contribution < 1.29 is 23.5 Å². The molecule has 2 fully saturated rings. The number of furan rings is 1. The number of esters is 1. The largest absolute Gasteiger partial charge is 0.460 e. The molecule has 0 bridgehead atoms. The van der Waals surface area contributed by atoms with Crippen LogP contribution in [0.3, 0.4) is 0 Å². The van der Waals surface area contributed by atoms with Gasteiger partial charge in [0.2, 0.25) is 11.7 Å². The summed E-state index contributed by atoms with van der Waals surface area (Å²) >= 11 is 0. The minimum absolute atomic E-state index is 0. The van der Waals surface area contributed by atoms with Crippen molar-refractivity contribution in [3.8, 4) is 0 Å². The predicted octanol–water partition coefficient (Wildman–Crippen LogP) is 4.54. The molecule has 0 spiro atoms. The number of carbonyl (C=O) groups excluding carboxylic acids is 2. The summed E-state index contributed by atoms with van der Waals surface area (Å²) < 4.78 is 15.8. The van der Waals surface area contributed by atoms with Gasteiger partial charge < -0.3 is 24.5 Å². The summed E-state index contributed by atoms with van der Waals surface area (Å²) in [5, 5.41) is 7.22. The number of amides is 1. The Hall–Kier alpha value is -2.09. The molecule has 0 unspecified atom stereocenters. The lowest BCUT2D eigenvalue weighted by molar-refractivity contribution is -0.119. The number of hydrogen-bond donors (Lipinski definition) is 2. The third kappa shape index (κ3) is 5.82. The summed E-state index contributed by atoms with van der Waals surface area (Å²) in [6.45, 7) is 1.71. The third-order valence-electron chi connectivity index (χ3n) is 6.52. The Kier molecular flexibility index (Phi) is 8.96. The molecule has 1 saturated heterocycles. The normalized spacial score (nSPS) is 21.3. The van der Waals surface area contributed by atoms with Gasteiger partial charge in [-0.15, -0.1) is 12.4 Å². The van der Waals surface area contributed by atoms with Crippen LogP contribution in [0.1, 0.15) is 55.5 Å². The Morgan fingerprint density at radius 1 is 1.12 bits per heavy atom. The summed E-state index contributed by atoms with van der Waals surface area (Å²) in [7, 11) is 1.61. The lowest BCUT2D eigenvalue weighted by Gasteiger charge is -2.30. The fraction of sp³-hybridized carbons (Fsp3) is 0.583. The maximum atomic E-state index is 13.0. The van der Waals surface area contributed by atoms with Crippen molar-refractivity contribution in [2.75, 3.05) is 32.2 Å². The second-order valence-electron chi connectivity index (χ2n) is 8.62. The molecule has 1 aromatic heterocycles. The van der Waals surface area contributed by atoms with Gasteiger partial charge in [-0.2, -0.15) is 0 Å². The number of halogens is 1. The van der Waals surface area contributed by atoms with E-state index < -0.39 is 5.97 Å². The van der Waals surface area contributed by atoms with Crippen LogP contribution in [0, 0.1) is 11.8 Å². The first kappa shape index (κ1) is 24.6. The molecule has 1 amide bonds. The number of nitrogens with one attached hydrogen (secondary N) is 2. The van der Waals surface area contributed by atoms with E-state index in [1.54, 1.807) is 19.2 Å². The molecule has 2 heterocycles. The van der Waals surface area contributed by atoms with Gasteiger partial charge >= 0.3 is 5.97 Å². The quantitative estimate of drug-likeness (QED) is 0.440. The van der Waals surface area contributed by atoms with Crippen molar-refractivity contribution in [1.29, 1.82) is 0 Å². The Balaban J connectivity index is 0.00000289. The van der Waals surface area contributed by atoms with Crippen molar-refractivity contribution in [1.82, 2.24) is 5.32 Å². The summed E-state index contributed by atoms with van der Waals surface area (Å²) in [6, 6.07) is 6.93. The molecule has 4 rings (SSSR count). The number of methoxy groups -OCH3 is 1. The van der Waals surface area contributed by atoms with Crippen LogP contribution >= 0.6 is 12.4 Å². The maximum Gasteiger partial charge on any atom is 0.374 e. The SMILES string of the molecule is COCCCOC(=O)c1cc2cc(NC(=O)[C@@H]3NCC[C@H]3C3CCCCC3)ccc2o1.Cl. The molecule has 2 N–H and O–H groups in total. The van der Waals surface area contributed by atoms with Gasteiger partial charge in [0, 0.05) is 31.2 Å². The van der Waals surface area contributed by atoms with E-state index in [1.807, 2.05) is 12.1 Å². The lowest BCUT2D eigenvalue weighted by Crippen LogP contribution is -2.42. The molecule has 1 aliphatic heterocycles. The molecule has 2 atom stereocenters. The number of ether oxygens (including phenoxy) is 2. The van der Waals surface area contributed by atoms with Crippen LogP contribution in [0.4, 0.5) is 5.69 Å². The van der Waals surface area contributed by atoms with E-state index in [9.17, 15) is 9.59 Å². The average molecular weight is 465 g/mol. The first-order valence-electron chi connectivity index (χ1n) is 11.4. The van der Waals surface area contributed by atoms with Crippen LogP contribution in [0.5, 0.6) is 0 Å². The van der Waals surface area contributed by atoms with E-state index in [1.165, 1.54) is 32.1 Å². The number of rotatable bonds is 8. The Morgan fingerprint density at radius 2 is 1.94 bits per heavy atom. The zero-order valence-electron chi connectivity index (χ0n) is 18.6. The highest BCUT2D eigenvalue weighted by Gasteiger charge is 2.38. The van der Waals surface area contributed by atoms with Crippen molar-refractivity contribution in [3.63, 3.8) is 0 Å². The lowest BCUT2D eigenvalue weighted by atomic mass is 9.76. The molecule has 2 aromatic rings. The maximum absolute atomic E-state index is 13.0. The van der Waals surface area contributed by atoms with Crippen molar-refractivity contribution in [2.45, 2.75) is 51.0 Å². The number of hydrogen-bond acceptors (Lipinski definition) is 6. The summed E-state index contributed by atoms with van der Waals surface area (Å²) in [4.78, 5) is 25.2. The van der Waals surface area contributed by atoms with Gasteiger partial charge in [0.05, 0.1) is 12.6 Å². The van der Waals surface area contributed by atoms with Gasteiger partial charge in [-0.05, 0) is 49.1 Å². The number of fused-ring (bicyclic) bond motifs is 1. The van der Waals surface area contributed by atoms with Gasteiger partial charge in [0.15, 0.2) is 0 Å². The van der Waals surface area contributed by atoms with Crippen LogP contribution < -0.4 is 10.6 Å². The Bertz CT molecular complexity index is 909. The molecule has 1 aliphatic carbocycles. The van der Waals surface area contributed by atoms with Crippen molar-refractivity contribution in [2.24, 2.45) is 11.8 Å². The fourth-order valence-corrected chi connectivity index (χ4v) is 4.96. The van der Waals surface area contributed by atoms with Crippen molar-refractivity contribution >= 4 is 40.9 Å². The van der Waals surface area contributed by atoms with Crippen LogP contribution in [0.25, 0.3) is 11.0 Å². The zero-order valence-corrected chi connectivity index (χ0v) is 19.4. The second kappa shape index (κ2) is 11.7. The molecule has 176 valence electrons. The molecule has 1 saturated carbocycles. The smallest absolute Gasteiger partial charge is 0.374 e. The second-order valence-corrected chi connectivity index (χ2v) is 8.62. The van der Waals surface area contributed by atoms with Gasteiger partial charge in [-0.25, -0.2) is 4.79 Å². The number of benzene rings is 1. The summed E-state index contributed by atoms with van der Waals surface area (Å²) in [5.41, 5.74) is 1.29. The van der Waals surface area contributed by atoms with Gasteiger partial charge in [0.25, 0.3) is 0 Å². The van der Waals surface area contributed by atoms with E-state index >= 15 is 0 Å². The van der Waals surface area contributed by atoms with E-state index in [-0.39, 0.29) is 36.7 Å². The number of anilines is 1. The Labute approximate surface area is 195 Å². The predicted molar refractivity (Wildman–Crippen MR) is 125 cm³/mol. The molecule has 1 aromatic carbocycles. The highest BCUT2D eigenvalue weighted by molar-refractivity contribution is 5.98. The average Bonchev–Trinajstić information content (AvgIpc) is 3.44. The Morgan fingerprint density at radius 3 is 2.72 bits per heavy atom. The van der Waals surface area contributed by atoms with Crippen LogP contribution in [0.15, 0.2) is 28.7 Å². The van der Waals surface area contributed by atoms with Crippen LogP contribution in [-0.2, 0) is 14.3 Å². The van der Waals surface area contributed by atoms with E-state index in [4.69, 9.17) is 13.9 Å². The van der Waals surface area contributed by atoms with E-state index in [0.717, 1.165) is 18.4 Å². The molecule has 32 heavy (non-hydrogen) atoms. The summed E-state index contributed by atoms with van der Waals surface area (Å²) in [6.07, 6.45) is 8.06. The number of carbonyl (C=O) groups is 2. The first-order chi connectivity index (χ1) is 15.2. The highest BCUT2D eigenvalue weighted by Crippen LogP contribution is 2.36. The van der Waals surface area contributed by atoms with Crippen molar-refractivity contribution in [3.05, 3.63) is 30.0 Å².